The van der Waals surface area contributed by atoms with Crippen molar-refractivity contribution in [3.63, 3.8) is 0 Å². The molecule has 3 rings (SSSR count). The monoisotopic (exact) mass is 462 g/mol. The van der Waals surface area contributed by atoms with Gasteiger partial charge in [0.2, 0.25) is 0 Å². The summed E-state index contributed by atoms with van der Waals surface area (Å²) in [5.74, 6) is -0.0409. The van der Waals surface area contributed by atoms with E-state index in [9.17, 15) is 9.59 Å². The molecule has 0 unspecified atom stereocenters. The highest BCUT2D eigenvalue weighted by Crippen LogP contribution is 2.38. The molecule has 1 aliphatic rings. The van der Waals surface area contributed by atoms with Crippen molar-refractivity contribution in [1.82, 2.24) is 5.32 Å². The number of nitrogens with one attached hydrogen (secondary N) is 1. The molecule has 1 saturated heterocycles. The van der Waals surface area contributed by atoms with Crippen molar-refractivity contribution in [2.75, 3.05) is 13.7 Å². The zero-order valence-corrected chi connectivity index (χ0v) is 18.1. The third kappa shape index (κ3) is 5.24. The van der Waals surface area contributed by atoms with Gasteiger partial charge in [0, 0.05) is 10.6 Å². The molecule has 6 nitrogen and oxygen atoms in total. The summed E-state index contributed by atoms with van der Waals surface area (Å²) in [5.41, 5.74) is 0.997. The quantitative estimate of drug-likeness (QED) is 0.484. The van der Waals surface area contributed by atoms with Gasteiger partial charge < -0.3 is 14.8 Å². The summed E-state index contributed by atoms with van der Waals surface area (Å²) in [5, 5.41) is 3.62. The zero-order chi connectivity index (χ0) is 21.7. The van der Waals surface area contributed by atoms with Crippen LogP contribution in [-0.4, -0.2) is 30.7 Å². The van der Waals surface area contributed by atoms with Crippen LogP contribution in [0.1, 0.15) is 15.9 Å². The molecule has 0 aromatic heterocycles. The topological polar surface area (TPSA) is 77.0 Å². The third-order valence-corrected chi connectivity index (χ3v) is 5.28. The van der Waals surface area contributed by atoms with Gasteiger partial charge in [0.05, 0.1) is 17.0 Å². The number of aliphatic imine (C=N–C) groups is 1. The minimum Gasteiger partial charge on any atom is -0.493 e. The maximum absolute atomic E-state index is 12.3. The van der Waals surface area contributed by atoms with E-state index in [1.54, 1.807) is 48.6 Å². The highest BCUT2D eigenvalue weighted by atomic mass is 35.5. The van der Waals surface area contributed by atoms with Gasteiger partial charge in [0.1, 0.15) is 6.61 Å². The van der Waals surface area contributed by atoms with Crippen LogP contribution in [0.25, 0.3) is 6.08 Å². The molecule has 2 aromatic rings. The lowest BCUT2D eigenvalue weighted by Gasteiger charge is -2.12. The molecule has 0 radical (unpaired) electrons. The van der Waals surface area contributed by atoms with Gasteiger partial charge in [-0.25, -0.2) is 0 Å². The Balaban J connectivity index is 1.82. The second kappa shape index (κ2) is 9.84. The Labute approximate surface area is 187 Å². The van der Waals surface area contributed by atoms with E-state index in [0.717, 1.165) is 11.8 Å². The van der Waals surface area contributed by atoms with Crippen LogP contribution in [0.2, 0.25) is 10.0 Å². The number of methoxy groups -OCH3 is 1. The summed E-state index contributed by atoms with van der Waals surface area (Å²) in [6.07, 6.45) is 3.22. The van der Waals surface area contributed by atoms with Crippen LogP contribution in [0.3, 0.4) is 0 Å². The summed E-state index contributed by atoms with van der Waals surface area (Å²) in [6, 6.07) is 9.67. The van der Waals surface area contributed by atoms with Crippen LogP contribution in [0.15, 0.2) is 59.0 Å². The molecule has 1 aliphatic heterocycles. The van der Waals surface area contributed by atoms with Gasteiger partial charge in [-0.2, -0.15) is 4.99 Å². The van der Waals surface area contributed by atoms with Crippen molar-refractivity contribution in [3.05, 3.63) is 75.1 Å². The molecule has 1 fully saturated rings. The first-order valence-corrected chi connectivity index (χ1v) is 10.2. The predicted molar refractivity (Wildman–Crippen MR) is 121 cm³/mol. The number of nitrogens with zero attached hydrogens (tertiary/aromatic N) is 1. The van der Waals surface area contributed by atoms with E-state index in [-0.39, 0.29) is 17.7 Å². The third-order valence-electron chi connectivity index (χ3n) is 3.84. The second-order valence-corrected chi connectivity index (χ2v) is 7.80. The lowest BCUT2D eigenvalue weighted by atomic mass is 10.2. The number of ether oxygens (including phenoxy) is 2. The summed E-state index contributed by atoms with van der Waals surface area (Å²) < 4.78 is 10.8. The summed E-state index contributed by atoms with van der Waals surface area (Å²) in [6.45, 7) is 3.87. The van der Waals surface area contributed by atoms with Crippen molar-refractivity contribution in [1.29, 1.82) is 0 Å². The van der Waals surface area contributed by atoms with E-state index in [1.807, 2.05) is 0 Å². The fourth-order valence-corrected chi connectivity index (χ4v) is 3.71. The van der Waals surface area contributed by atoms with Crippen molar-refractivity contribution in [3.8, 4) is 11.5 Å². The molecule has 0 saturated carbocycles. The molecular formula is C21H16Cl2N2O4S. The van der Waals surface area contributed by atoms with E-state index >= 15 is 0 Å². The summed E-state index contributed by atoms with van der Waals surface area (Å²) >= 11 is 13.2. The van der Waals surface area contributed by atoms with Crippen molar-refractivity contribution < 1.29 is 19.1 Å². The van der Waals surface area contributed by atoms with Gasteiger partial charge in [-0.3, -0.25) is 9.59 Å². The number of amides is 2. The first-order chi connectivity index (χ1) is 14.4. The molecule has 30 heavy (non-hydrogen) atoms. The summed E-state index contributed by atoms with van der Waals surface area (Å²) in [4.78, 5) is 28.9. The largest absolute Gasteiger partial charge is 0.493 e. The molecule has 2 aromatic carbocycles. The van der Waals surface area contributed by atoms with Gasteiger partial charge in [-0.1, -0.05) is 35.9 Å². The highest BCUT2D eigenvalue weighted by Gasteiger charge is 2.25. The molecule has 0 bridgehead atoms. The number of hydrogen-bond acceptors (Lipinski definition) is 5. The number of halogens is 2. The molecule has 2 amide bonds. The van der Waals surface area contributed by atoms with Gasteiger partial charge in [0.15, 0.2) is 16.7 Å². The fraction of sp³-hybridized carbons (Fsp3) is 0.0952. The Kier molecular flexibility index (Phi) is 7.20. The van der Waals surface area contributed by atoms with Crippen LogP contribution in [0, 0.1) is 0 Å². The standard InChI is InChI=1S/C21H16Cl2N2O4S/c1-3-8-29-18-15(23)9-12(10-16(18)28-2)11-17-20(27)25-21(30-17)24-19(26)13-4-6-14(22)7-5-13/h3-7,9-11H,1,8H2,2H3,(H,24,25,26,27)/b17-11-. The number of rotatable bonds is 6. The second-order valence-electron chi connectivity index (χ2n) is 5.93. The van der Waals surface area contributed by atoms with Gasteiger partial charge >= 0.3 is 0 Å². The molecule has 9 heteroatoms. The first kappa shape index (κ1) is 22.0. The Morgan fingerprint density at radius 3 is 2.67 bits per heavy atom. The van der Waals surface area contributed by atoms with Crippen LogP contribution >= 0.6 is 35.0 Å². The van der Waals surface area contributed by atoms with Crippen LogP contribution in [-0.2, 0) is 4.79 Å². The lowest BCUT2D eigenvalue weighted by Crippen LogP contribution is -2.20. The average Bonchev–Trinajstić information content (AvgIpc) is 3.05. The van der Waals surface area contributed by atoms with Crippen molar-refractivity contribution in [2.24, 2.45) is 4.99 Å². The molecule has 0 atom stereocenters. The average molecular weight is 463 g/mol. The lowest BCUT2D eigenvalue weighted by molar-refractivity contribution is -0.115. The van der Waals surface area contributed by atoms with Gasteiger partial charge in [-0.05, 0) is 59.8 Å². The molecule has 0 aliphatic carbocycles. The molecule has 1 heterocycles. The van der Waals surface area contributed by atoms with E-state index in [4.69, 9.17) is 32.7 Å². The number of thioether (sulfide) groups is 1. The minimum absolute atomic E-state index is 0.190. The fourth-order valence-electron chi connectivity index (χ4n) is 2.49. The number of amidine groups is 1. The highest BCUT2D eigenvalue weighted by molar-refractivity contribution is 8.18. The Hall–Kier alpha value is -2.74. The van der Waals surface area contributed by atoms with Gasteiger partial charge in [0.25, 0.3) is 11.8 Å². The zero-order valence-electron chi connectivity index (χ0n) is 15.8. The number of carbonyl (C=O) groups is 2. The van der Waals surface area contributed by atoms with E-state index < -0.39 is 5.91 Å². The van der Waals surface area contributed by atoms with E-state index in [0.29, 0.717) is 37.6 Å². The maximum atomic E-state index is 12.3. The van der Waals surface area contributed by atoms with Crippen LogP contribution in [0.4, 0.5) is 0 Å². The van der Waals surface area contributed by atoms with Crippen LogP contribution < -0.4 is 14.8 Å². The van der Waals surface area contributed by atoms with Crippen LogP contribution in [0.5, 0.6) is 11.5 Å². The number of benzene rings is 2. The summed E-state index contributed by atoms with van der Waals surface area (Å²) in [7, 11) is 1.49. The van der Waals surface area contributed by atoms with Gasteiger partial charge in [-0.15, -0.1) is 0 Å². The van der Waals surface area contributed by atoms with E-state index in [2.05, 4.69) is 16.9 Å². The Morgan fingerprint density at radius 1 is 1.27 bits per heavy atom. The SMILES string of the molecule is C=CCOc1c(Cl)cc(/C=C2\SC(=NC(=O)c3ccc(Cl)cc3)NC2=O)cc1OC. The number of hydrogen-bond donors (Lipinski definition) is 1. The van der Waals surface area contributed by atoms with E-state index in [1.165, 1.54) is 7.11 Å². The smallest absolute Gasteiger partial charge is 0.279 e. The molecule has 0 spiro atoms. The predicted octanol–water partition coefficient (Wildman–Crippen LogP) is 4.97. The Morgan fingerprint density at radius 2 is 2.00 bits per heavy atom. The number of carbonyl (C=O) groups excluding carboxylic acids is 2. The molecule has 1 N–H and O–H groups in total. The minimum atomic E-state index is -0.482. The molecule has 154 valence electrons. The first-order valence-electron chi connectivity index (χ1n) is 8.62. The van der Waals surface area contributed by atoms with Crippen molar-refractivity contribution in [2.45, 2.75) is 0 Å². The Bertz CT molecular complexity index is 1070. The van der Waals surface area contributed by atoms with Crippen molar-refractivity contribution >= 4 is 58.0 Å². The normalized spacial score (nSPS) is 15.9. The molecular weight excluding hydrogens is 447 g/mol. The maximum Gasteiger partial charge on any atom is 0.279 e.